The van der Waals surface area contributed by atoms with Gasteiger partial charge in [0.05, 0.1) is 6.10 Å². The van der Waals surface area contributed by atoms with Crippen molar-refractivity contribution < 1.29 is 5.11 Å². The van der Waals surface area contributed by atoms with Gasteiger partial charge in [-0.05, 0) is 34.7 Å². The Balaban J connectivity index is 2.32. The van der Waals surface area contributed by atoms with E-state index in [2.05, 4.69) is 31.2 Å². The molecule has 1 unspecified atom stereocenters. The first-order chi connectivity index (χ1) is 8.74. The van der Waals surface area contributed by atoms with Crippen LogP contribution in [0.25, 0.3) is 11.1 Å². The van der Waals surface area contributed by atoms with E-state index >= 15 is 0 Å². The molecule has 0 fully saturated rings. The van der Waals surface area contributed by atoms with Gasteiger partial charge in [0.1, 0.15) is 0 Å². The first-order valence-electron chi connectivity index (χ1n) is 6.32. The van der Waals surface area contributed by atoms with Gasteiger partial charge in [0.2, 0.25) is 0 Å². The molecule has 2 aromatic rings. The van der Waals surface area contributed by atoms with Gasteiger partial charge in [-0.15, -0.1) is 0 Å². The number of hydrogen-bond acceptors (Lipinski definition) is 2. The molecule has 0 aliphatic carbocycles. The van der Waals surface area contributed by atoms with Crippen molar-refractivity contribution in [2.45, 2.75) is 19.4 Å². The maximum absolute atomic E-state index is 9.76. The molecule has 0 aliphatic rings. The Kier molecular flexibility index (Phi) is 4.13. The lowest BCUT2D eigenvalue weighted by molar-refractivity contribution is 0.187. The van der Waals surface area contributed by atoms with Crippen LogP contribution in [0.3, 0.4) is 0 Å². The summed E-state index contributed by atoms with van der Waals surface area (Å²) >= 11 is 0. The molecular formula is C16H19NO. The summed E-state index contributed by atoms with van der Waals surface area (Å²) in [4.78, 5) is 0. The summed E-state index contributed by atoms with van der Waals surface area (Å²) in [7, 11) is 0. The zero-order chi connectivity index (χ0) is 13.0. The number of aryl methyl sites for hydroxylation is 1. The molecule has 2 rings (SSSR count). The molecule has 0 heterocycles. The molecule has 0 aliphatic heterocycles. The first kappa shape index (κ1) is 12.8. The number of aliphatic hydroxyl groups is 1. The molecule has 0 amide bonds. The van der Waals surface area contributed by atoms with Crippen LogP contribution in [0.15, 0.2) is 48.5 Å². The van der Waals surface area contributed by atoms with Crippen molar-refractivity contribution in [3.63, 3.8) is 0 Å². The van der Waals surface area contributed by atoms with Gasteiger partial charge in [0.15, 0.2) is 0 Å². The lowest BCUT2D eigenvalue weighted by Crippen LogP contribution is -2.11. The predicted octanol–water partition coefficient (Wildman–Crippen LogP) is 2.91. The normalized spacial score (nSPS) is 12.4. The molecule has 18 heavy (non-hydrogen) atoms. The fourth-order valence-corrected chi connectivity index (χ4v) is 1.99. The molecule has 2 nitrogen and oxygen atoms in total. The van der Waals surface area contributed by atoms with Gasteiger partial charge in [-0.2, -0.15) is 0 Å². The molecule has 0 saturated heterocycles. The summed E-state index contributed by atoms with van der Waals surface area (Å²) in [5.41, 5.74) is 9.96. The quantitative estimate of drug-likeness (QED) is 0.864. The van der Waals surface area contributed by atoms with Crippen molar-refractivity contribution >= 4 is 0 Å². The van der Waals surface area contributed by atoms with Gasteiger partial charge < -0.3 is 10.8 Å². The van der Waals surface area contributed by atoms with E-state index < -0.39 is 6.10 Å². The first-order valence-corrected chi connectivity index (χ1v) is 6.32. The van der Waals surface area contributed by atoms with Gasteiger partial charge in [0, 0.05) is 6.54 Å². The van der Waals surface area contributed by atoms with Crippen LogP contribution in [0.1, 0.15) is 24.2 Å². The molecule has 3 N–H and O–H groups in total. The van der Waals surface area contributed by atoms with E-state index in [0.29, 0.717) is 0 Å². The van der Waals surface area contributed by atoms with Crippen molar-refractivity contribution in [3.05, 3.63) is 59.7 Å². The fourth-order valence-electron chi connectivity index (χ4n) is 1.99. The van der Waals surface area contributed by atoms with Crippen molar-refractivity contribution in [2.24, 2.45) is 5.73 Å². The molecule has 1 atom stereocenters. The largest absolute Gasteiger partial charge is 0.387 e. The highest BCUT2D eigenvalue weighted by molar-refractivity contribution is 5.64. The van der Waals surface area contributed by atoms with Gasteiger partial charge in [-0.3, -0.25) is 0 Å². The molecule has 94 valence electrons. The van der Waals surface area contributed by atoms with Crippen LogP contribution in [0.2, 0.25) is 0 Å². The van der Waals surface area contributed by atoms with Crippen LogP contribution >= 0.6 is 0 Å². The second-order valence-electron chi connectivity index (χ2n) is 4.43. The zero-order valence-corrected chi connectivity index (χ0v) is 10.6. The second-order valence-corrected chi connectivity index (χ2v) is 4.43. The zero-order valence-electron chi connectivity index (χ0n) is 10.6. The summed E-state index contributed by atoms with van der Waals surface area (Å²) in [6.07, 6.45) is 0.464. The Labute approximate surface area is 108 Å². The van der Waals surface area contributed by atoms with E-state index in [-0.39, 0.29) is 6.54 Å². The van der Waals surface area contributed by atoms with E-state index in [1.54, 1.807) is 0 Å². The summed E-state index contributed by atoms with van der Waals surface area (Å²) in [6.45, 7) is 2.39. The molecule has 2 aromatic carbocycles. The number of aliphatic hydroxyl groups excluding tert-OH is 1. The SMILES string of the molecule is CCc1ccc(-c2cccc(C(O)CN)c2)cc1. The Morgan fingerprint density at radius 2 is 1.78 bits per heavy atom. The highest BCUT2D eigenvalue weighted by atomic mass is 16.3. The van der Waals surface area contributed by atoms with E-state index in [1.807, 2.05) is 24.3 Å². The smallest absolute Gasteiger partial charge is 0.0912 e. The lowest BCUT2D eigenvalue weighted by Gasteiger charge is -2.10. The third-order valence-electron chi connectivity index (χ3n) is 3.19. The highest BCUT2D eigenvalue weighted by Gasteiger charge is 2.06. The van der Waals surface area contributed by atoms with Crippen LogP contribution in [0.5, 0.6) is 0 Å². The fraction of sp³-hybridized carbons (Fsp3) is 0.250. The standard InChI is InChI=1S/C16H19NO/c1-2-12-6-8-13(9-7-12)14-4-3-5-15(10-14)16(18)11-17/h3-10,16,18H,2,11,17H2,1H3. The Morgan fingerprint density at radius 1 is 1.06 bits per heavy atom. The lowest BCUT2D eigenvalue weighted by atomic mass is 9.99. The van der Waals surface area contributed by atoms with Crippen LogP contribution in [0, 0.1) is 0 Å². The van der Waals surface area contributed by atoms with E-state index in [1.165, 1.54) is 11.1 Å². The van der Waals surface area contributed by atoms with Crippen molar-refractivity contribution in [3.8, 4) is 11.1 Å². The number of hydrogen-bond donors (Lipinski definition) is 2. The third-order valence-corrected chi connectivity index (χ3v) is 3.19. The average Bonchev–Trinajstić information content (AvgIpc) is 2.46. The van der Waals surface area contributed by atoms with Crippen LogP contribution in [-0.2, 0) is 6.42 Å². The molecule has 0 radical (unpaired) electrons. The minimum Gasteiger partial charge on any atom is -0.387 e. The Morgan fingerprint density at radius 3 is 2.39 bits per heavy atom. The Hall–Kier alpha value is -1.64. The van der Waals surface area contributed by atoms with E-state index in [9.17, 15) is 5.11 Å². The summed E-state index contributed by atoms with van der Waals surface area (Å²) in [5, 5.41) is 9.76. The van der Waals surface area contributed by atoms with Gasteiger partial charge >= 0.3 is 0 Å². The van der Waals surface area contributed by atoms with Crippen LogP contribution < -0.4 is 5.73 Å². The molecular weight excluding hydrogens is 222 g/mol. The predicted molar refractivity (Wildman–Crippen MR) is 75.3 cm³/mol. The van der Waals surface area contributed by atoms with Crippen molar-refractivity contribution in [1.82, 2.24) is 0 Å². The number of benzene rings is 2. The van der Waals surface area contributed by atoms with Crippen LogP contribution in [0.4, 0.5) is 0 Å². The third kappa shape index (κ3) is 2.78. The summed E-state index contributed by atoms with van der Waals surface area (Å²) in [6, 6.07) is 16.4. The second kappa shape index (κ2) is 5.80. The minimum atomic E-state index is -0.583. The monoisotopic (exact) mass is 241 g/mol. The summed E-state index contributed by atoms with van der Waals surface area (Å²) in [5.74, 6) is 0. The topological polar surface area (TPSA) is 46.2 Å². The van der Waals surface area contributed by atoms with Crippen LogP contribution in [-0.4, -0.2) is 11.7 Å². The van der Waals surface area contributed by atoms with Crippen molar-refractivity contribution in [2.75, 3.05) is 6.54 Å². The van der Waals surface area contributed by atoms with E-state index in [4.69, 9.17) is 5.73 Å². The maximum atomic E-state index is 9.76. The van der Waals surface area contributed by atoms with Crippen molar-refractivity contribution in [1.29, 1.82) is 0 Å². The molecule has 0 saturated carbocycles. The van der Waals surface area contributed by atoms with Gasteiger partial charge in [-0.1, -0.05) is 49.4 Å². The minimum absolute atomic E-state index is 0.248. The molecule has 2 heteroatoms. The molecule has 0 bridgehead atoms. The van der Waals surface area contributed by atoms with Gasteiger partial charge in [0.25, 0.3) is 0 Å². The average molecular weight is 241 g/mol. The maximum Gasteiger partial charge on any atom is 0.0912 e. The Bertz CT molecular complexity index is 505. The van der Waals surface area contributed by atoms with E-state index in [0.717, 1.165) is 17.5 Å². The molecule has 0 aromatic heterocycles. The summed E-state index contributed by atoms with van der Waals surface area (Å²) < 4.78 is 0. The number of nitrogens with two attached hydrogens (primary N) is 1. The highest BCUT2D eigenvalue weighted by Crippen LogP contribution is 2.23. The number of rotatable bonds is 4. The van der Waals surface area contributed by atoms with Gasteiger partial charge in [-0.25, -0.2) is 0 Å². The molecule has 0 spiro atoms.